The van der Waals surface area contributed by atoms with E-state index in [0.717, 1.165) is 51.3 Å². The molecule has 4 rings (SSSR count). The number of piperidine rings is 1. The first kappa shape index (κ1) is 23.4. The minimum atomic E-state index is -5.08. The van der Waals surface area contributed by atoms with E-state index in [9.17, 15) is 18.0 Å². The number of carboxylic acid groups (broad SMARTS) is 1. The third-order valence-electron chi connectivity index (χ3n) is 6.79. The van der Waals surface area contributed by atoms with Crippen LogP contribution in [0.15, 0.2) is 22.8 Å². The van der Waals surface area contributed by atoms with Crippen LogP contribution in [0.25, 0.3) is 0 Å². The monoisotopic (exact) mass is 445 g/mol. The summed E-state index contributed by atoms with van der Waals surface area (Å²) >= 11 is 0. The zero-order valence-corrected chi connectivity index (χ0v) is 17.7. The van der Waals surface area contributed by atoms with E-state index in [-0.39, 0.29) is 6.03 Å². The molecule has 7 nitrogen and oxygen atoms in total. The first-order chi connectivity index (χ1) is 14.6. The summed E-state index contributed by atoms with van der Waals surface area (Å²) in [6.07, 6.45) is 3.90. The Morgan fingerprint density at radius 2 is 1.74 bits per heavy atom. The van der Waals surface area contributed by atoms with Gasteiger partial charge in [0.2, 0.25) is 0 Å². The molecule has 3 fully saturated rings. The van der Waals surface area contributed by atoms with Gasteiger partial charge >= 0.3 is 18.2 Å². The minimum absolute atomic E-state index is 0.280. The Morgan fingerprint density at radius 1 is 1.16 bits per heavy atom. The van der Waals surface area contributed by atoms with Crippen molar-refractivity contribution < 1.29 is 32.3 Å². The Bertz CT molecular complexity index is 740. The Kier molecular flexibility index (Phi) is 7.18. The SMILES string of the molecule is CN(Cc1ccco1)C1CCC12CCN(C(=O)N1CCCC1)CC2.O=C(O)C(F)(F)F. The maximum absolute atomic E-state index is 12.6. The first-order valence-electron chi connectivity index (χ1n) is 10.7. The average Bonchev–Trinajstić information content (AvgIpc) is 3.40. The van der Waals surface area contributed by atoms with E-state index in [1.807, 2.05) is 11.0 Å². The van der Waals surface area contributed by atoms with Crippen LogP contribution in [0.3, 0.4) is 0 Å². The van der Waals surface area contributed by atoms with E-state index in [1.165, 1.54) is 25.7 Å². The first-order valence-corrected chi connectivity index (χ1v) is 10.7. The standard InChI is InChI=1S/C19H29N3O2.C2HF3O2/c1-20(15-16-5-4-14-24-16)17-6-7-19(17)8-12-22(13-9-19)18(23)21-10-2-3-11-21;3-2(4,5)1(6)7/h4-5,14,17H,2-3,6-13,15H2,1H3;(H,6,7). The van der Waals surface area contributed by atoms with E-state index in [4.69, 9.17) is 14.3 Å². The fraction of sp³-hybridized carbons (Fsp3) is 0.714. The predicted molar refractivity (Wildman–Crippen MR) is 106 cm³/mol. The van der Waals surface area contributed by atoms with Gasteiger partial charge in [0.15, 0.2) is 0 Å². The number of alkyl halides is 3. The van der Waals surface area contributed by atoms with Crippen molar-refractivity contribution in [3.63, 3.8) is 0 Å². The summed E-state index contributed by atoms with van der Waals surface area (Å²) in [7, 11) is 2.22. The van der Waals surface area contributed by atoms with Crippen LogP contribution >= 0.6 is 0 Å². The summed E-state index contributed by atoms with van der Waals surface area (Å²) in [6, 6.07) is 4.93. The molecule has 3 aliphatic rings. The van der Waals surface area contributed by atoms with Gasteiger partial charge in [0, 0.05) is 32.2 Å². The molecular formula is C21H30F3N3O4. The third-order valence-corrected chi connectivity index (χ3v) is 6.79. The van der Waals surface area contributed by atoms with Gasteiger partial charge in [-0.25, -0.2) is 9.59 Å². The number of furan rings is 1. The molecule has 0 bridgehead atoms. The second-order valence-electron chi connectivity index (χ2n) is 8.68. The maximum Gasteiger partial charge on any atom is 0.490 e. The maximum atomic E-state index is 12.6. The van der Waals surface area contributed by atoms with Gasteiger partial charge < -0.3 is 19.3 Å². The average molecular weight is 445 g/mol. The van der Waals surface area contributed by atoms with Crippen molar-refractivity contribution in [1.29, 1.82) is 0 Å². The molecule has 1 saturated carbocycles. The number of hydrogen-bond acceptors (Lipinski definition) is 4. The van der Waals surface area contributed by atoms with E-state index in [1.54, 1.807) is 6.26 Å². The molecule has 1 N–H and O–H groups in total. The Hall–Kier alpha value is -2.23. The molecule has 174 valence electrons. The fourth-order valence-electron chi connectivity index (χ4n) is 4.96. The lowest BCUT2D eigenvalue weighted by molar-refractivity contribution is -0.192. The van der Waals surface area contributed by atoms with Crippen LogP contribution in [0.4, 0.5) is 18.0 Å². The summed E-state index contributed by atoms with van der Waals surface area (Å²) < 4.78 is 37.2. The number of likely N-dealkylation sites (tertiary alicyclic amines) is 2. The lowest BCUT2D eigenvalue weighted by atomic mass is 9.59. The van der Waals surface area contributed by atoms with Crippen LogP contribution in [0, 0.1) is 5.41 Å². The van der Waals surface area contributed by atoms with Gasteiger partial charge in [-0.05, 0) is 63.1 Å². The number of aliphatic carboxylic acids is 1. The summed E-state index contributed by atoms with van der Waals surface area (Å²) in [5.41, 5.74) is 0.420. The van der Waals surface area contributed by atoms with Crippen molar-refractivity contribution in [2.24, 2.45) is 5.41 Å². The van der Waals surface area contributed by atoms with Crippen LogP contribution < -0.4 is 0 Å². The summed E-state index contributed by atoms with van der Waals surface area (Å²) in [4.78, 5) is 28.1. The fourth-order valence-corrected chi connectivity index (χ4v) is 4.96. The van der Waals surface area contributed by atoms with Crippen LogP contribution in [0.5, 0.6) is 0 Å². The molecule has 1 atom stereocenters. The number of hydrogen-bond donors (Lipinski definition) is 1. The smallest absolute Gasteiger partial charge is 0.475 e. The normalized spacial score (nSPS) is 22.8. The predicted octanol–water partition coefficient (Wildman–Crippen LogP) is 3.81. The van der Waals surface area contributed by atoms with Gasteiger partial charge in [-0.1, -0.05) is 0 Å². The molecule has 2 saturated heterocycles. The van der Waals surface area contributed by atoms with E-state index in [0.29, 0.717) is 11.5 Å². The van der Waals surface area contributed by atoms with Gasteiger partial charge in [0.1, 0.15) is 5.76 Å². The van der Waals surface area contributed by atoms with Crippen molar-refractivity contribution in [2.75, 3.05) is 33.2 Å². The van der Waals surface area contributed by atoms with Gasteiger partial charge in [-0.2, -0.15) is 13.2 Å². The Balaban J connectivity index is 0.000000339. The van der Waals surface area contributed by atoms with Crippen molar-refractivity contribution in [3.05, 3.63) is 24.2 Å². The quantitative estimate of drug-likeness (QED) is 0.766. The lowest BCUT2D eigenvalue weighted by Gasteiger charge is -2.57. The summed E-state index contributed by atoms with van der Waals surface area (Å²) in [5, 5.41) is 7.12. The van der Waals surface area contributed by atoms with Gasteiger partial charge in [0.25, 0.3) is 0 Å². The molecule has 3 heterocycles. The van der Waals surface area contributed by atoms with Crippen molar-refractivity contribution >= 4 is 12.0 Å². The zero-order chi connectivity index (χ0) is 22.6. The highest BCUT2D eigenvalue weighted by Gasteiger charge is 2.50. The van der Waals surface area contributed by atoms with Gasteiger partial charge in [0.05, 0.1) is 12.8 Å². The van der Waals surface area contributed by atoms with E-state index in [2.05, 4.69) is 22.9 Å². The number of amides is 2. The number of halogens is 3. The third kappa shape index (κ3) is 5.53. The van der Waals surface area contributed by atoms with Crippen molar-refractivity contribution in [2.45, 2.75) is 57.3 Å². The molecule has 1 spiro atoms. The molecule has 1 unspecified atom stereocenters. The number of urea groups is 1. The topological polar surface area (TPSA) is 77.2 Å². The number of carbonyl (C=O) groups is 2. The number of rotatable bonds is 3. The molecule has 0 radical (unpaired) electrons. The Morgan fingerprint density at radius 3 is 2.19 bits per heavy atom. The molecule has 2 aliphatic heterocycles. The highest BCUT2D eigenvalue weighted by molar-refractivity contribution is 5.75. The molecule has 1 aliphatic carbocycles. The highest BCUT2D eigenvalue weighted by atomic mass is 19.4. The van der Waals surface area contributed by atoms with Crippen LogP contribution in [0.1, 0.15) is 44.3 Å². The highest BCUT2D eigenvalue weighted by Crippen LogP contribution is 2.51. The summed E-state index contributed by atoms with van der Waals surface area (Å²) in [5.74, 6) is -1.71. The largest absolute Gasteiger partial charge is 0.490 e. The molecule has 1 aromatic heterocycles. The molecule has 0 aromatic carbocycles. The van der Waals surface area contributed by atoms with Gasteiger partial charge in [-0.15, -0.1) is 0 Å². The molecule has 1 aromatic rings. The zero-order valence-electron chi connectivity index (χ0n) is 17.7. The van der Waals surface area contributed by atoms with Crippen molar-refractivity contribution in [1.82, 2.24) is 14.7 Å². The van der Waals surface area contributed by atoms with E-state index < -0.39 is 12.1 Å². The van der Waals surface area contributed by atoms with Crippen LogP contribution in [0.2, 0.25) is 0 Å². The molecule has 10 heteroatoms. The lowest BCUT2D eigenvalue weighted by Crippen LogP contribution is -2.59. The van der Waals surface area contributed by atoms with Gasteiger partial charge in [-0.3, -0.25) is 4.90 Å². The molecular weight excluding hydrogens is 415 g/mol. The molecule has 31 heavy (non-hydrogen) atoms. The van der Waals surface area contributed by atoms with Crippen LogP contribution in [-0.2, 0) is 11.3 Å². The number of nitrogens with zero attached hydrogens (tertiary/aromatic N) is 3. The van der Waals surface area contributed by atoms with Crippen LogP contribution in [-0.4, -0.2) is 77.3 Å². The summed E-state index contributed by atoms with van der Waals surface area (Å²) in [6.45, 7) is 4.65. The van der Waals surface area contributed by atoms with E-state index >= 15 is 0 Å². The molecule has 2 amide bonds. The van der Waals surface area contributed by atoms with Crippen molar-refractivity contribution in [3.8, 4) is 0 Å². The Labute approximate surface area is 179 Å². The number of carboxylic acids is 1. The number of carbonyl (C=O) groups excluding carboxylic acids is 1. The second-order valence-corrected chi connectivity index (χ2v) is 8.68. The minimum Gasteiger partial charge on any atom is -0.475 e. The second kappa shape index (κ2) is 9.50.